The molecule has 1 nitrogen and oxygen atoms in total. The van der Waals surface area contributed by atoms with Gasteiger partial charge in [0.15, 0.2) is 5.75 Å². The first-order valence-electron chi connectivity index (χ1n) is 9.47. The molecule has 2 rings (SSSR count). The predicted molar refractivity (Wildman–Crippen MR) is 106 cm³/mol. The van der Waals surface area contributed by atoms with Gasteiger partial charge in [-0.25, -0.2) is 0 Å². The number of hydrogen-bond acceptors (Lipinski definition) is 1. The molecule has 0 N–H and O–H groups in total. The molecule has 0 radical (unpaired) electrons. The summed E-state index contributed by atoms with van der Waals surface area (Å²) in [7, 11) is 0.382. The Hall–Kier alpha value is -0.760. The monoisotopic (exact) mass is 335 g/mol. The molecule has 23 heavy (non-hydrogen) atoms. The van der Waals surface area contributed by atoms with E-state index < -0.39 is 0 Å². The minimum absolute atomic E-state index is 0.349. The van der Waals surface area contributed by atoms with Crippen LogP contribution < -0.4 is 0 Å². The third-order valence-corrected chi connectivity index (χ3v) is 6.66. The molecule has 1 saturated heterocycles. The maximum Gasteiger partial charge on any atom is 0.211 e. The molecule has 1 aliphatic rings. The number of carbonyl (C=O) groups is 1. The van der Waals surface area contributed by atoms with Gasteiger partial charge < -0.3 is 0 Å². The molecule has 1 aliphatic heterocycles. The number of aryl methyl sites for hydroxylation is 1. The Morgan fingerprint density at radius 1 is 0.913 bits per heavy atom. The quantitative estimate of drug-likeness (QED) is 0.432. The molecule has 0 aliphatic carbocycles. The molecule has 1 heterocycles. The first kappa shape index (κ1) is 20.3. The van der Waals surface area contributed by atoms with Crippen molar-refractivity contribution >= 4 is 16.7 Å². The van der Waals surface area contributed by atoms with Crippen molar-refractivity contribution in [1.82, 2.24) is 0 Å². The van der Waals surface area contributed by atoms with E-state index in [2.05, 4.69) is 32.9 Å². The van der Waals surface area contributed by atoms with Crippen molar-refractivity contribution in [3.05, 3.63) is 35.4 Å². The summed E-state index contributed by atoms with van der Waals surface area (Å²) in [5.74, 6) is 3.69. The van der Waals surface area contributed by atoms with E-state index in [0.29, 0.717) is 16.7 Å². The lowest BCUT2D eigenvalue weighted by Crippen LogP contribution is -2.17. The van der Waals surface area contributed by atoms with Gasteiger partial charge in [0.05, 0.1) is 0 Å². The van der Waals surface area contributed by atoms with Crippen molar-refractivity contribution in [2.24, 2.45) is 0 Å². The van der Waals surface area contributed by atoms with Gasteiger partial charge in [0.1, 0.15) is 11.5 Å². The predicted octanol–water partition coefficient (Wildman–Crippen LogP) is 5.82. The van der Waals surface area contributed by atoms with E-state index in [9.17, 15) is 4.79 Å². The largest absolute Gasteiger partial charge is 0.289 e. The summed E-state index contributed by atoms with van der Waals surface area (Å²) in [5, 5.41) is 0. The van der Waals surface area contributed by atoms with Gasteiger partial charge in [-0.05, 0) is 42.1 Å². The van der Waals surface area contributed by atoms with Gasteiger partial charge in [0, 0.05) is 5.56 Å². The zero-order valence-corrected chi connectivity index (χ0v) is 16.2. The smallest absolute Gasteiger partial charge is 0.211 e. The third kappa shape index (κ3) is 8.60. The molecule has 1 fully saturated rings. The molecule has 130 valence electrons. The summed E-state index contributed by atoms with van der Waals surface area (Å²) in [6.45, 7) is 6.63. The zero-order chi connectivity index (χ0) is 16.9. The first-order chi connectivity index (χ1) is 11.2. The Balaban J connectivity index is 0.000000463. The van der Waals surface area contributed by atoms with E-state index in [1.165, 1.54) is 62.0 Å². The van der Waals surface area contributed by atoms with Crippen LogP contribution in [0.2, 0.25) is 0 Å². The van der Waals surface area contributed by atoms with Gasteiger partial charge in [-0.3, -0.25) is 4.79 Å². The second kappa shape index (κ2) is 12.6. The number of carbonyl (C=O) groups excluding carboxylic acids is 1. The van der Waals surface area contributed by atoms with Crippen LogP contribution in [-0.4, -0.2) is 23.0 Å². The minimum Gasteiger partial charge on any atom is -0.289 e. The molecule has 0 unspecified atom stereocenters. The van der Waals surface area contributed by atoms with Crippen LogP contribution in [0.1, 0.15) is 81.6 Å². The lowest BCUT2D eigenvalue weighted by Gasteiger charge is -2.03. The summed E-state index contributed by atoms with van der Waals surface area (Å²) < 4.78 is 0. The molecule has 0 amide bonds. The van der Waals surface area contributed by atoms with Crippen molar-refractivity contribution in [2.45, 2.75) is 72.1 Å². The summed E-state index contributed by atoms with van der Waals surface area (Å²) in [4.78, 5) is 12.1. The average Bonchev–Trinajstić information content (AvgIpc) is 3.07. The fourth-order valence-corrected chi connectivity index (χ4v) is 4.97. The maximum atomic E-state index is 12.1. The van der Waals surface area contributed by atoms with E-state index in [0.717, 1.165) is 17.7 Å². The molecule has 1 aromatic rings. The fourth-order valence-electron chi connectivity index (χ4n) is 2.72. The van der Waals surface area contributed by atoms with Gasteiger partial charge in [-0.15, -0.1) is 0 Å². The van der Waals surface area contributed by atoms with Crippen LogP contribution >= 0.6 is 0 Å². The van der Waals surface area contributed by atoms with E-state index in [1.54, 1.807) is 0 Å². The summed E-state index contributed by atoms with van der Waals surface area (Å²) in [6.07, 6.45) is 10.3. The molecule has 0 atom stereocenters. The normalized spacial score (nSPS) is 14.4. The Morgan fingerprint density at radius 3 is 1.96 bits per heavy atom. The maximum absolute atomic E-state index is 12.1. The van der Waals surface area contributed by atoms with Gasteiger partial charge in [0.25, 0.3) is 0 Å². The van der Waals surface area contributed by atoms with E-state index in [1.807, 2.05) is 12.1 Å². The van der Waals surface area contributed by atoms with Crippen LogP contribution in [0, 0.1) is 0 Å². The Morgan fingerprint density at radius 2 is 1.48 bits per heavy atom. The molecular weight excluding hydrogens is 300 g/mol. The average molecular weight is 336 g/mol. The van der Waals surface area contributed by atoms with Crippen molar-refractivity contribution in [3.63, 3.8) is 0 Å². The Labute approximate surface area is 146 Å². The van der Waals surface area contributed by atoms with E-state index in [-0.39, 0.29) is 0 Å². The molecular formula is C21H35OS+. The van der Waals surface area contributed by atoms with Crippen molar-refractivity contribution in [1.29, 1.82) is 0 Å². The summed E-state index contributed by atoms with van der Waals surface area (Å²) in [6, 6.07) is 8.29. The van der Waals surface area contributed by atoms with Crippen LogP contribution in [0.5, 0.6) is 0 Å². The number of ketones is 1. The highest BCUT2D eigenvalue weighted by atomic mass is 32.2. The van der Waals surface area contributed by atoms with Gasteiger partial charge in [-0.1, -0.05) is 70.7 Å². The van der Waals surface area contributed by atoms with Crippen molar-refractivity contribution in [2.75, 3.05) is 17.3 Å². The molecule has 0 bridgehead atoms. The first-order valence-corrected chi connectivity index (χ1v) is 11.2. The summed E-state index contributed by atoms with van der Waals surface area (Å²) >= 11 is 0. The minimum atomic E-state index is 0.349. The lowest BCUT2D eigenvalue weighted by atomic mass is 10.1. The molecule has 0 aromatic heterocycles. The van der Waals surface area contributed by atoms with Crippen LogP contribution in [0.4, 0.5) is 0 Å². The Bertz CT molecular complexity index is 416. The number of benzene rings is 1. The van der Waals surface area contributed by atoms with Gasteiger partial charge in [0.2, 0.25) is 5.78 Å². The fraction of sp³-hybridized carbons (Fsp3) is 0.667. The number of hydrogen-bond donors (Lipinski definition) is 0. The summed E-state index contributed by atoms with van der Waals surface area (Å²) in [5.41, 5.74) is 2.27. The Kier molecular flexibility index (Phi) is 11.1. The highest BCUT2D eigenvalue weighted by molar-refractivity contribution is 7.97. The highest BCUT2D eigenvalue weighted by Crippen LogP contribution is 2.16. The SMILES string of the molecule is CCCCC.CCCCc1ccc(C(=O)C[S+]2CCCC2)cc1. The van der Waals surface area contributed by atoms with Crippen LogP contribution in [0.15, 0.2) is 24.3 Å². The highest BCUT2D eigenvalue weighted by Gasteiger charge is 2.27. The topological polar surface area (TPSA) is 17.1 Å². The number of rotatable bonds is 8. The van der Waals surface area contributed by atoms with Crippen molar-refractivity contribution < 1.29 is 4.79 Å². The second-order valence-corrected chi connectivity index (χ2v) is 8.78. The standard InChI is InChI=1S/C16H23OS.C5H12/c1-2-3-6-14-7-9-15(10-8-14)16(17)13-18-11-4-5-12-18;1-3-5-4-2/h7-10H,2-6,11-13H2,1H3;3-5H2,1-2H3/q+1;. The lowest BCUT2D eigenvalue weighted by molar-refractivity contribution is 0.102. The molecule has 2 heteroatoms. The van der Waals surface area contributed by atoms with Crippen molar-refractivity contribution in [3.8, 4) is 0 Å². The van der Waals surface area contributed by atoms with Gasteiger partial charge >= 0.3 is 0 Å². The van der Waals surface area contributed by atoms with E-state index in [4.69, 9.17) is 0 Å². The zero-order valence-electron chi connectivity index (χ0n) is 15.4. The van der Waals surface area contributed by atoms with Crippen LogP contribution in [-0.2, 0) is 17.3 Å². The number of Topliss-reactive ketones (excluding diaryl/α,β-unsaturated/α-hetero) is 1. The van der Waals surface area contributed by atoms with E-state index >= 15 is 0 Å². The van der Waals surface area contributed by atoms with Crippen LogP contribution in [0.25, 0.3) is 0 Å². The third-order valence-electron chi connectivity index (χ3n) is 4.25. The van der Waals surface area contributed by atoms with Crippen LogP contribution in [0.3, 0.4) is 0 Å². The molecule has 0 spiro atoms. The van der Waals surface area contributed by atoms with Gasteiger partial charge in [-0.2, -0.15) is 0 Å². The molecule has 0 saturated carbocycles. The molecule has 1 aromatic carbocycles. The number of unbranched alkanes of at least 4 members (excludes halogenated alkanes) is 3. The second-order valence-electron chi connectivity index (χ2n) is 6.45.